The average Bonchev–Trinajstić information content (AvgIpc) is 2.54. The first-order valence-corrected chi connectivity index (χ1v) is 8.42. The summed E-state index contributed by atoms with van der Waals surface area (Å²) in [6.45, 7) is 2.96. The van der Waals surface area contributed by atoms with Crippen molar-refractivity contribution in [1.82, 2.24) is 5.32 Å². The van der Waals surface area contributed by atoms with Crippen LogP contribution in [0, 0.1) is 0 Å². The van der Waals surface area contributed by atoms with Crippen molar-refractivity contribution in [2.75, 3.05) is 7.11 Å². The van der Waals surface area contributed by atoms with Crippen molar-refractivity contribution >= 4 is 11.0 Å². The molecule has 0 saturated carbocycles. The summed E-state index contributed by atoms with van der Waals surface area (Å²) in [6, 6.07) is 16.2. The van der Waals surface area contributed by atoms with E-state index in [9.17, 15) is 4.21 Å². The highest BCUT2D eigenvalue weighted by atomic mass is 32.2. The minimum absolute atomic E-state index is 0.299. The van der Waals surface area contributed by atoms with Gasteiger partial charge in [-0.2, -0.15) is 0 Å². The van der Waals surface area contributed by atoms with E-state index in [2.05, 4.69) is 24.4 Å². The molecule has 0 aliphatic rings. The fourth-order valence-corrected chi connectivity index (χ4v) is 2.94. The number of hydrogen-bond donors (Lipinski definition) is 2. The zero-order chi connectivity index (χ0) is 15.9. The first-order valence-electron chi connectivity index (χ1n) is 7.20. The highest BCUT2D eigenvalue weighted by molar-refractivity contribution is 7.82. The Hall–Kier alpha value is -1.69. The molecule has 0 fully saturated rings. The zero-order valence-electron chi connectivity index (χ0n) is 12.9. The van der Waals surface area contributed by atoms with Gasteiger partial charge in [-0.25, -0.2) is 9.35 Å². The molecule has 5 heteroatoms. The summed E-state index contributed by atoms with van der Waals surface area (Å²) in [4.78, 5) is 0.537. The molecule has 4 nitrogen and oxygen atoms in total. The highest BCUT2D eigenvalue weighted by Crippen LogP contribution is 2.22. The van der Waals surface area contributed by atoms with Gasteiger partial charge >= 0.3 is 0 Å². The van der Waals surface area contributed by atoms with Gasteiger partial charge in [0.2, 0.25) is 0 Å². The molecule has 2 unspecified atom stereocenters. The monoisotopic (exact) mass is 318 g/mol. The van der Waals surface area contributed by atoms with Crippen molar-refractivity contribution in [1.29, 1.82) is 0 Å². The van der Waals surface area contributed by atoms with Gasteiger partial charge in [0.25, 0.3) is 0 Å². The van der Waals surface area contributed by atoms with E-state index in [0.29, 0.717) is 16.7 Å². The summed E-state index contributed by atoms with van der Waals surface area (Å²) >= 11 is 0. The fraction of sp³-hybridized carbons (Fsp3) is 0.294. The van der Waals surface area contributed by atoms with Gasteiger partial charge in [-0.3, -0.25) is 0 Å². The summed E-state index contributed by atoms with van der Waals surface area (Å²) < 4.78 is 16.8. The fourth-order valence-electron chi connectivity index (χ4n) is 2.32. The first-order chi connectivity index (χ1) is 10.6. The lowest BCUT2D eigenvalue weighted by Crippen LogP contribution is -2.27. The van der Waals surface area contributed by atoms with Gasteiger partial charge in [0.15, 0.2) is 0 Å². The molecule has 0 aromatic heterocycles. The van der Waals surface area contributed by atoms with Crippen molar-refractivity contribution in [3.05, 3.63) is 59.7 Å². The quantitative estimate of drug-likeness (QED) is 0.824. The Kier molecular flexibility index (Phi) is 6.12. The number of benzene rings is 2. The molecule has 22 heavy (non-hydrogen) atoms. The van der Waals surface area contributed by atoms with Crippen LogP contribution in [0.25, 0.3) is 0 Å². The second kappa shape index (κ2) is 8.08. The SMILES string of the molecule is COc1ccc(CC(C)NCc2ccccc2)cc1S(N)=O. The molecule has 0 heterocycles. The molecule has 0 radical (unpaired) electrons. The van der Waals surface area contributed by atoms with Gasteiger partial charge < -0.3 is 10.1 Å². The molecule has 3 N–H and O–H groups in total. The summed E-state index contributed by atoms with van der Waals surface area (Å²) in [5.41, 5.74) is 2.34. The van der Waals surface area contributed by atoms with Gasteiger partial charge in [0, 0.05) is 12.6 Å². The van der Waals surface area contributed by atoms with Crippen LogP contribution in [0.4, 0.5) is 0 Å². The maximum atomic E-state index is 11.6. The Morgan fingerprint density at radius 3 is 2.55 bits per heavy atom. The Balaban J connectivity index is 1.98. The molecule has 2 aromatic carbocycles. The molecule has 0 aliphatic heterocycles. The Bertz CT molecular complexity index is 632. The first kappa shape index (κ1) is 16.7. The molecular weight excluding hydrogens is 296 g/mol. The molecule has 2 rings (SSSR count). The lowest BCUT2D eigenvalue weighted by atomic mass is 10.1. The molecular formula is C17H22N2O2S. The van der Waals surface area contributed by atoms with Crippen LogP contribution in [0.1, 0.15) is 18.1 Å². The van der Waals surface area contributed by atoms with Crippen LogP contribution in [0.3, 0.4) is 0 Å². The van der Waals surface area contributed by atoms with Crippen molar-refractivity contribution in [3.8, 4) is 5.75 Å². The molecule has 2 atom stereocenters. The third-order valence-corrected chi connectivity index (χ3v) is 4.24. The third kappa shape index (κ3) is 4.66. The smallest absolute Gasteiger partial charge is 0.136 e. The van der Waals surface area contributed by atoms with Gasteiger partial charge in [0.1, 0.15) is 16.7 Å². The van der Waals surface area contributed by atoms with Crippen LogP contribution in [-0.2, 0) is 24.0 Å². The average molecular weight is 318 g/mol. The van der Waals surface area contributed by atoms with Gasteiger partial charge in [0.05, 0.1) is 12.0 Å². The van der Waals surface area contributed by atoms with Crippen LogP contribution in [0.15, 0.2) is 53.4 Å². The zero-order valence-corrected chi connectivity index (χ0v) is 13.7. The van der Waals surface area contributed by atoms with Crippen molar-refractivity contribution in [2.24, 2.45) is 5.14 Å². The Morgan fingerprint density at radius 1 is 1.18 bits per heavy atom. The lowest BCUT2D eigenvalue weighted by molar-refractivity contribution is 0.403. The molecule has 2 aromatic rings. The van der Waals surface area contributed by atoms with Crippen LogP contribution in [0.5, 0.6) is 5.75 Å². The van der Waals surface area contributed by atoms with E-state index >= 15 is 0 Å². The molecule has 0 saturated heterocycles. The van der Waals surface area contributed by atoms with E-state index < -0.39 is 11.0 Å². The van der Waals surface area contributed by atoms with E-state index in [1.807, 2.05) is 36.4 Å². The largest absolute Gasteiger partial charge is 0.495 e. The Morgan fingerprint density at radius 2 is 1.91 bits per heavy atom. The van der Waals surface area contributed by atoms with E-state index in [-0.39, 0.29) is 0 Å². The number of nitrogens with one attached hydrogen (secondary N) is 1. The minimum atomic E-state index is -1.54. The van der Waals surface area contributed by atoms with Gasteiger partial charge in [-0.15, -0.1) is 0 Å². The molecule has 0 amide bonds. The second-order valence-corrected chi connectivity index (χ2v) is 6.29. The molecule has 0 bridgehead atoms. The topological polar surface area (TPSA) is 64.3 Å². The standard InChI is InChI=1S/C17H22N2O2S/c1-13(19-12-14-6-4-3-5-7-14)10-15-8-9-16(21-2)17(11-15)22(18)20/h3-9,11,13,19H,10,12,18H2,1-2H3. The summed E-state index contributed by atoms with van der Waals surface area (Å²) in [5, 5.41) is 8.99. The van der Waals surface area contributed by atoms with Crippen molar-refractivity contribution < 1.29 is 8.95 Å². The van der Waals surface area contributed by atoms with Gasteiger partial charge in [-0.05, 0) is 36.6 Å². The van der Waals surface area contributed by atoms with Crippen LogP contribution in [-0.4, -0.2) is 17.4 Å². The summed E-state index contributed by atoms with van der Waals surface area (Å²) in [6.07, 6.45) is 0.834. The van der Waals surface area contributed by atoms with Crippen LogP contribution < -0.4 is 15.2 Å². The normalized spacial score (nSPS) is 13.6. The maximum Gasteiger partial charge on any atom is 0.136 e. The third-order valence-electron chi connectivity index (χ3n) is 3.48. The molecule has 118 valence electrons. The predicted molar refractivity (Wildman–Crippen MR) is 90.0 cm³/mol. The van der Waals surface area contributed by atoms with Crippen LogP contribution in [0.2, 0.25) is 0 Å². The van der Waals surface area contributed by atoms with E-state index in [0.717, 1.165) is 18.5 Å². The van der Waals surface area contributed by atoms with E-state index in [1.165, 1.54) is 5.56 Å². The summed E-state index contributed by atoms with van der Waals surface area (Å²) in [5.74, 6) is 0.564. The number of nitrogens with two attached hydrogens (primary N) is 1. The van der Waals surface area contributed by atoms with Crippen LogP contribution >= 0.6 is 0 Å². The minimum Gasteiger partial charge on any atom is -0.495 e. The second-order valence-electron chi connectivity index (χ2n) is 5.25. The number of ether oxygens (including phenoxy) is 1. The summed E-state index contributed by atoms with van der Waals surface area (Å²) in [7, 11) is 0.00666. The molecule has 0 spiro atoms. The number of methoxy groups -OCH3 is 1. The predicted octanol–water partition coefficient (Wildman–Crippen LogP) is 2.40. The Labute approximate surface area is 134 Å². The maximum absolute atomic E-state index is 11.6. The van der Waals surface area contributed by atoms with Crippen molar-refractivity contribution in [2.45, 2.75) is 30.8 Å². The number of rotatable bonds is 7. The molecule has 0 aliphatic carbocycles. The van der Waals surface area contributed by atoms with E-state index in [4.69, 9.17) is 9.88 Å². The van der Waals surface area contributed by atoms with Crippen molar-refractivity contribution in [3.63, 3.8) is 0 Å². The van der Waals surface area contributed by atoms with Gasteiger partial charge in [-0.1, -0.05) is 36.4 Å². The number of hydrogen-bond acceptors (Lipinski definition) is 3. The lowest BCUT2D eigenvalue weighted by Gasteiger charge is -2.15. The highest BCUT2D eigenvalue weighted by Gasteiger charge is 2.10. The van der Waals surface area contributed by atoms with E-state index in [1.54, 1.807) is 7.11 Å².